The van der Waals surface area contributed by atoms with Crippen LogP contribution in [0, 0.1) is 12.8 Å². The third-order valence-corrected chi connectivity index (χ3v) is 11.1. The number of likely N-dealkylation sites (tertiary alicyclic amines) is 1. The molecule has 20 heteroatoms. The molecule has 1 aliphatic heterocycles. The molecule has 0 aliphatic carbocycles. The van der Waals surface area contributed by atoms with Crippen molar-refractivity contribution in [2.24, 2.45) is 5.92 Å². The van der Waals surface area contributed by atoms with Crippen LogP contribution in [-0.4, -0.2) is 118 Å². The molecular formula is C51H61N9O10Tc+. The molecule has 19 nitrogen and oxygen atoms in total. The molecule has 1 fully saturated rings. The first-order valence-corrected chi connectivity index (χ1v) is 22.5. The van der Waals surface area contributed by atoms with Crippen LogP contribution < -0.4 is 26.6 Å². The summed E-state index contributed by atoms with van der Waals surface area (Å²) < 4.78 is 0. The van der Waals surface area contributed by atoms with Crippen molar-refractivity contribution in [2.45, 2.75) is 110 Å². The number of carboxylic acid groups (broad SMARTS) is 1. The molecule has 4 aromatic rings. The van der Waals surface area contributed by atoms with E-state index in [0.717, 1.165) is 29.8 Å². The Hall–Kier alpha value is -7.02. The molecule has 0 unspecified atom stereocenters. The number of amides is 6. The summed E-state index contributed by atoms with van der Waals surface area (Å²) >= 11 is 0. The smallest absolute Gasteiger partial charge is 0.573 e. The van der Waals surface area contributed by atoms with E-state index < -0.39 is 54.3 Å². The molecule has 0 saturated carbocycles. The van der Waals surface area contributed by atoms with Crippen LogP contribution in [0.4, 0.5) is 16.2 Å². The SMILES string of the molecule is Cc1ccccc1NC(=O)Nc1ccc(CC(=O)N[C@@H](CCCCN(Cc2ccccn2)Cc2ccccn2)C(=O)N[C@@H](CC(=O)O)C(=O)N[C@H](C(=O)N2CCC[C@H]2C)C(C)C)cc1.[C-]=O.[C-]=O.[C-]=O.[Tc+4]. The predicted octanol–water partition coefficient (Wildman–Crippen LogP) is 4.25. The van der Waals surface area contributed by atoms with Gasteiger partial charge in [-0.05, 0) is 112 Å². The van der Waals surface area contributed by atoms with Crippen LogP contribution in [-0.2, 0) is 78.0 Å². The Morgan fingerprint density at radius 1 is 0.746 bits per heavy atom. The van der Waals surface area contributed by atoms with E-state index in [0.29, 0.717) is 56.0 Å². The van der Waals surface area contributed by atoms with Gasteiger partial charge >= 0.3 is 32.1 Å². The maximum Gasteiger partial charge on any atom is 4.00 e. The average molecular weight is 1060 g/mol. The van der Waals surface area contributed by atoms with Crippen molar-refractivity contribution in [3.63, 3.8) is 0 Å². The van der Waals surface area contributed by atoms with E-state index in [-0.39, 0.29) is 50.8 Å². The van der Waals surface area contributed by atoms with E-state index in [1.165, 1.54) is 0 Å². The van der Waals surface area contributed by atoms with E-state index >= 15 is 0 Å². The number of nitrogens with one attached hydrogen (secondary N) is 5. The molecule has 0 spiro atoms. The van der Waals surface area contributed by atoms with Crippen LogP contribution in [0.25, 0.3) is 0 Å². The second-order valence-corrected chi connectivity index (χ2v) is 16.6. The standard InChI is InChI=1S/C48H61N9O7.3CO.Tc/c1-32(2)44(47(63)57-27-13-15-34(57)4)55-46(62)41(29-43(59)60)53-45(61)40(19-9-12-26-56(30-37-16-7-10-24-49-37)31-38-17-8-11-25-50-38)52-42(58)28-35-20-22-36(23-21-35)51-48(64)54-39-18-6-5-14-33(39)3;3*1-2;/h5-8,10-11,14,16-18,20-25,32,34,40-41,44H,9,12-13,15,19,26-31H2,1-4H3,(H,52,58)(H,53,61)(H,55,62)(H,59,60)(H2,51,54,64);;;;/q;3*-1;+4/t34-,40+,41+,44+;;;;/m1..../s1. The summed E-state index contributed by atoms with van der Waals surface area (Å²) in [5, 5.41) is 23.6. The van der Waals surface area contributed by atoms with E-state index in [4.69, 9.17) is 14.4 Å². The van der Waals surface area contributed by atoms with Crippen molar-refractivity contribution < 1.29 is 68.4 Å². The summed E-state index contributed by atoms with van der Waals surface area (Å²) in [5.41, 5.74) is 4.48. The molecule has 71 heavy (non-hydrogen) atoms. The third kappa shape index (κ3) is 22.1. The first-order chi connectivity index (χ1) is 33.7. The van der Waals surface area contributed by atoms with Crippen LogP contribution in [0.2, 0.25) is 0 Å². The van der Waals surface area contributed by atoms with E-state index in [9.17, 15) is 33.9 Å². The molecule has 1 saturated heterocycles. The van der Waals surface area contributed by atoms with Gasteiger partial charge in [-0.2, -0.15) is 0 Å². The fraction of sp³-hybridized carbons (Fsp3) is 0.392. The fourth-order valence-corrected chi connectivity index (χ4v) is 7.61. The third-order valence-electron chi connectivity index (χ3n) is 11.1. The second kappa shape index (κ2) is 34.3. The number of aromatic nitrogens is 2. The largest absolute Gasteiger partial charge is 4.00 e. The number of urea groups is 1. The van der Waals surface area contributed by atoms with Gasteiger partial charge in [0.1, 0.15) is 18.1 Å². The number of rotatable bonds is 22. The number of carbonyl (C=O) groups excluding carboxylic acids is 8. The van der Waals surface area contributed by atoms with Gasteiger partial charge in [0, 0.05) is 49.4 Å². The molecule has 5 rings (SSSR count). The molecule has 6 amide bonds. The second-order valence-electron chi connectivity index (χ2n) is 16.6. The minimum atomic E-state index is -1.52. The first kappa shape index (κ1) is 62.0. The van der Waals surface area contributed by atoms with Gasteiger partial charge < -0.3 is 71.3 Å². The molecule has 2 aromatic heterocycles. The summed E-state index contributed by atoms with van der Waals surface area (Å²) in [4.78, 5) is 115. The molecule has 2 aromatic carbocycles. The molecule has 0 bridgehead atoms. The number of hydrogen-bond acceptors (Lipinski definition) is 12. The number of para-hydroxylation sites is 1. The first-order valence-electron chi connectivity index (χ1n) is 22.5. The quantitative estimate of drug-likeness (QED) is 0.0476. The average Bonchev–Trinajstić information content (AvgIpc) is 3.80. The van der Waals surface area contributed by atoms with Crippen LogP contribution in [0.1, 0.15) is 81.8 Å². The molecule has 3 heterocycles. The van der Waals surface area contributed by atoms with Crippen LogP contribution in [0.15, 0.2) is 97.3 Å². The minimum Gasteiger partial charge on any atom is -0.573 e. The normalized spacial score (nSPS) is 13.6. The predicted molar refractivity (Wildman–Crippen MR) is 261 cm³/mol. The van der Waals surface area contributed by atoms with Crippen molar-refractivity contribution in [3.05, 3.63) is 120 Å². The Balaban J connectivity index is 0.00000346. The number of aliphatic carboxylic acids is 1. The number of carbonyl (C=O) groups is 6. The molecule has 6 N–H and O–H groups in total. The van der Waals surface area contributed by atoms with Crippen molar-refractivity contribution in [2.75, 3.05) is 23.7 Å². The fourth-order valence-electron chi connectivity index (χ4n) is 7.61. The monoisotopic (exact) mass is 1060 g/mol. The number of nitrogens with zero attached hydrogens (tertiary/aromatic N) is 4. The molecule has 4 radical (unpaired) electrons. The van der Waals surface area contributed by atoms with Gasteiger partial charge in [-0.25, -0.2) is 4.79 Å². The van der Waals surface area contributed by atoms with Crippen LogP contribution in [0.3, 0.4) is 0 Å². The van der Waals surface area contributed by atoms with Gasteiger partial charge in [0.2, 0.25) is 23.6 Å². The number of aryl methyl sites for hydroxylation is 1. The summed E-state index contributed by atoms with van der Waals surface area (Å²) in [5.74, 6) is -3.90. The van der Waals surface area contributed by atoms with Crippen LogP contribution in [0.5, 0.6) is 0 Å². The summed E-state index contributed by atoms with van der Waals surface area (Å²) in [6.07, 6.45) is 5.62. The van der Waals surface area contributed by atoms with Crippen molar-refractivity contribution in [3.8, 4) is 0 Å². The Morgan fingerprint density at radius 3 is 1.85 bits per heavy atom. The van der Waals surface area contributed by atoms with Gasteiger partial charge in [0.05, 0.1) is 24.2 Å². The molecule has 1 aliphatic rings. The van der Waals surface area contributed by atoms with Gasteiger partial charge in [-0.3, -0.25) is 38.8 Å². The molecular weight excluding hydrogens is 997 g/mol. The van der Waals surface area contributed by atoms with Gasteiger partial charge in [0.15, 0.2) is 0 Å². The minimum absolute atomic E-state index is 0. The number of benzene rings is 2. The summed E-state index contributed by atoms with van der Waals surface area (Å²) in [6.45, 7) is 23.2. The van der Waals surface area contributed by atoms with Gasteiger partial charge in [-0.15, -0.1) is 0 Å². The van der Waals surface area contributed by atoms with Crippen molar-refractivity contribution in [1.29, 1.82) is 0 Å². The molecule has 4 atom stereocenters. The van der Waals surface area contributed by atoms with Gasteiger partial charge in [0.25, 0.3) is 0 Å². The zero-order valence-electron chi connectivity index (χ0n) is 40.2. The van der Waals surface area contributed by atoms with Crippen molar-refractivity contribution in [1.82, 2.24) is 35.7 Å². The van der Waals surface area contributed by atoms with Crippen LogP contribution >= 0.6 is 0 Å². The number of pyridine rings is 2. The van der Waals surface area contributed by atoms with E-state index in [1.807, 2.05) is 68.4 Å². The van der Waals surface area contributed by atoms with Gasteiger partial charge in [-0.1, -0.05) is 56.3 Å². The zero-order chi connectivity index (χ0) is 52.0. The number of anilines is 2. The number of hydrogen-bond donors (Lipinski definition) is 6. The number of carboxylic acids is 1. The Bertz CT molecular complexity index is 2200. The zero-order valence-corrected chi connectivity index (χ0v) is 42.0. The topological polar surface area (TPSA) is 266 Å². The Morgan fingerprint density at radius 2 is 1.32 bits per heavy atom. The van der Waals surface area contributed by atoms with E-state index in [2.05, 4.69) is 61.8 Å². The Kier molecular flexibility index (Phi) is 30.0. The molecule has 376 valence electrons. The number of unbranched alkanes of at least 4 members (excludes halogenated alkanes) is 1. The maximum atomic E-state index is 14.1. The summed E-state index contributed by atoms with van der Waals surface area (Å²) in [7, 11) is 0. The van der Waals surface area contributed by atoms with Crippen molar-refractivity contribution >= 4 is 67.4 Å². The summed E-state index contributed by atoms with van der Waals surface area (Å²) in [6, 6.07) is 21.6. The maximum absolute atomic E-state index is 14.1. The van der Waals surface area contributed by atoms with E-state index in [1.54, 1.807) is 61.5 Å². The Labute approximate surface area is 429 Å².